The van der Waals surface area contributed by atoms with Gasteiger partial charge in [0.2, 0.25) is 0 Å². The number of ketones is 1. The number of aryl methyl sites for hydroxylation is 1. The lowest BCUT2D eigenvalue weighted by Crippen LogP contribution is -2.43. The van der Waals surface area contributed by atoms with Gasteiger partial charge in [-0.15, -0.1) is 0 Å². The maximum Gasteiger partial charge on any atom is 0.193 e. The number of nitrogens with zero attached hydrogens (tertiary/aromatic N) is 3. The molecule has 0 atom stereocenters. The van der Waals surface area contributed by atoms with Crippen LogP contribution in [0.15, 0.2) is 85.2 Å². The molecular weight excluding hydrogens is 518 g/mol. The molecule has 3 aromatic carbocycles. The first kappa shape index (κ1) is 28.5. The van der Waals surface area contributed by atoms with E-state index in [9.17, 15) is 4.79 Å². The molecule has 3 heterocycles. The van der Waals surface area contributed by atoms with Gasteiger partial charge in [0.25, 0.3) is 0 Å². The highest BCUT2D eigenvalue weighted by Gasteiger charge is 2.33. The fourth-order valence-corrected chi connectivity index (χ4v) is 6.66. The highest BCUT2D eigenvalue weighted by atomic mass is 16.1. The van der Waals surface area contributed by atoms with Gasteiger partial charge in [-0.1, -0.05) is 72.8 Å². The minimum Gasteiger partial charge on any atom is -0.317 e. The third kappa shape index (κ3) is 6.73. The van der Waals surface area contributed by atoms with Crippen LogP contribution in [0.5, 0.6) is 0 Å². The maximum absolute atomic E-state index is 13.2. The number of nitrogens with one attached hydrogen (secondary N) is 2. The van der Waals surface area contributed by atoms with Crippen molar-refractivity contribution < 1.29 is 4.79 Å². The molecule has 0 bridgehead atoms. The van der Waals surface area contributed by atoms with Crippen molar-refractivity contribution >= 4 is 5.78 Å². The number of hydrogen-bond acceptors (Lipinski definition) is 5. The molecule has 0 aliphatic carbocycles. The van der Waals surface area contributed by atoms with Crippen LogP contribution in [-0.2, 0) is 18.4 Å². The van der Waals surface area contributed by atoms with E-state index in [0.29, 0.717) is 0 Å². The maximum atomic E-state index is 13.2. The van der Waals surface area contributed by atoms with Crippen molar-refractivity contribution in [1.29, 1.82) is 0 Å². The average Bonchev–Trinajstić information content (AvgIpc) is 3.59. The topological polar surface area (TPSA) is 64.3 Å². The number of aromatic amines is 1. The van der Waals surface area contributed by atoms with Crippen LogP contribution in [0.25, 0.3) is 11.1 Å². The van der Waals surface area contributed by atoms with Crippen LogP contribution in [0, 0.1) is 0 Å². The van der Waals surface area contributed by atoms with Crippen LogP contribution < -0.4 is 5.32 Å². The summed E-state index contributed by atoms with van der Waals surface area (Å²) in [5, 5.41) is 10.6. The largest absolute Gasteiger partial charge is 0.317 e. The molecule has 4 aromatic rings. The Morgan fingerprint density at radius 2 is 1.45 bits per heavy atom. The van der Waals surface area contributed by atoms with E-state index in [1.165, 1.54) is 41.5 Å². The SMILES string of the molecule is CN1CCN(Cc2ccc(C(=O)c3ccc(CCCC4(c5ccc(-c6cn[nH]c6)cc5)CCNCC4)cc3)cc2)CC1. The number of carbonyl (C=O) groups excluding carboxylic acids is 1. The van der Waals surface area contributed by atoms with Gasteiger partial charge in [0.15, 0.2) is 5.78 Å². The Morgan fingerprint density at radius 1 is 0.810 bits per heavy atom. The highest BCUT2D eigenvalue weighted by molar-refractivity contribution is 6.09. The molecule has 6 heteroatoms. The molecule has 0 radical (unpaired) electrons. The summed E-state index contributed by atoms with van der Waals surface area (Å²) in [5.74, 6) is 0.0974. The van der Waals surface area contributed by atoms with Gasteiger partial charge in [-0.2, -0.15) is 5.10 Å². The predicted molar refractivity (Wildman–Crippen MR) is 170 cm³/mol. The number of piperidine rings is 1. The van der Waals surface area contributed by atoms with Gasteiger partial charge in [-0.3, -0.25) is 14.8 Å². The van der Waals surface area contributed by atoms with Crippen LogP contribution in [0.2, 0.25) is 0 Å². The second-order valence-electron chi connectivity index (χ2n) is 12.3. The Bertz CT molecular complexity index is 1410. The number of likely N-dealkylation sites (N-methyl/N-ethyl adjacent to an activating group) is 1. The van der Waals surface area contributed by atoms with E-state index in [0.717, 1.165) is 75.3 Å². The minimum absolute atomic E-state index is 0.0974. The summed E-state index contributed by atoms with van der Waals surface area (Å²) < 4.78 is 0. The standard InChI is InChI=1S/C36H43N5O/c1-40-21-23-41(24-22-40)27-29-6-10-32(11-7-29)35(42)31-8-4-28(5-9-31)3-2-16-36(17-19-37-20-18-36)34-14-12-30(13-15-34)33-25-38-39-26-33/h4-15,25-26,37H,2-3,16-24,27H2,1H3,(H,38,39). The third-order valence-corrected chi connectivity index (χ3v) is 9.44. The molecule has 2 N–H and O–H groups in total. The lowest BCUT2D eigenvalue weighted by molar-refractivity contribution is 0.103. The molecule has 218 valence electrons. The van der Waals surface area contributed by atoms with E-state index in [4.69, 9.17) is 0 Å². The van der Waals surface area contributed by atoms with Crippen molar-refractivity contribution in [3.8, 4) is 11.1 Å². The van der Waals surface area contributed by atoms with Gasteiger partial charge in [-0.25, -0.2) is 0 Å². The molecule has 0 amide bonds. The van der Waals surface area contributed by atoms with Crippen molar-refractivity contribution in [3.63, 3.8) is 0 Å². The van der Waals surface area contributed by atoms with Crippen LogP contribution in [0.3, 0.4) is 0 Å². The van der Waals surface area contributed by atoms with E-state index in [-0.39, 0.29) is 11.2 Å². The number of benzene rings is 3. The van der Waals surface area contributed by atoms with Gasteiger partial charge < -0.3 is 10.2 Å². The first-order valence-corrected chi connectivity index (χ1v) is 15.5. The number of rotatable bonds is 10. The van der Waals surface area contributed by atoms with Gasteiger partial charge >= 0.3 is 0 Å². The van der Waals surface area contributed by atoms with Gasteiger partial charge in [0, 0.05) is 55.6 Å². The number of hydrogen-bond donors (Lipinski definition) is 2. The van der Waals surface area contributed by atoms with E-state index >= 15 is 0 Å². The molecule has 1 aromatic heterocycles. The Morgan fingerprint density at radius 3 is 2.07 bits per heavy atom. The van der Waals surface area contributed by atoms with E-state index in [1.54, 1.807) is 0 Å². The molecule has 6 nitrogen and oxygen atoms in total. The highest BCUT2D eigenvalue weighted by Crippen LogP contribution is 2.39. The van der Waals surface area contributed by atoms with Gasteiger partial charge in [0.05, 0.1) is 6.20 Å². The van der Waals surface area contributed by atoms with Crippen LogP contribution in [0.4, 0.5) is 0 Å². The zero-order valence-electron chi connectivity index (χ0n) is 24.8. The normalized spacial score (nSPS) is 17.7. The fraction of sp³-hybridized carbons (Fsp3) is 0.389. The predicted octanol–water partition coefficient (Wildman–Crippen LogP) is 5.70. The van der Waals surface area contributed by atoms with Crippen LogP contribution in [0.1, 0.15) is 58.3 Å². The van der Waals surface area contributed by atoms with Crippen molar-refractivity contribution in [2.24, 2.45) is 0 Å². The Kier molecular flexibility index (Phi) is 8.94. The molecule has 2 aliphatic heterocycles. The van der Waals surface area contributed by atoms with Crippen molar-refractivity contribution in [3.05, 3.63) is 113 Å². The summed E-state index contributed by atoms with van der Waals surface area (Å²) in [4.78, 5) is 18.0. The molecule has 2 saturated heterocycles. The molecule has 2 fully saturated rings. The average molecular weight is 562 g/mol. The molecule has 6 rings (SSSR count). The zero-order chi connectivity index (χ0) is 28.8. The van der Waals surface area contributed by atoms with Crippen LogP contribution in [-0.4, -0.2) is 72.1 Å². The zero-order valence-corrected chi connectivity index (χ0v) is 24.8. The first-order valence-electron chi connectivity index (χ1n) is 15.5. The van der Waals surface area contributed by atoms with Crippen molar-refractivity contribution in [1.82, 2.24) is 25.3 Å². The molecule has 42 heavy (non-hydrogen) atoms. The van der Waals surface area contributed by atoms with E-state index in [1.807, 2.05) is 36.7 Å². The summed E-state index contributed by atoms with van der Waals surface area (Å²) in [6.07, 6.45) is 9.48. The molecule has 0 saturated carbocycles. The summed E-state index contributed by atoms with van der Waals surface area (Å²) in [5.41, 5.74) is 8.09. The minimum atomic E-state index is 0.0974. The summed E-state index contributed by atoms with van der Waals surface area (Å²) >= 11 is 0. The number of carbonyl (C=O) groups is 1. The summed E-state index contributed by atoms with van der Waals surface area (Å²) in [7, 11) is 2.18. The van der Waals surface area contributed by atoms with Gasteiger partial charge in [0.1, 0.15) is 0 Å². The smallest absolute Gasteiger partial charge is 0.193 e. The molecule has 2 aliphatic rings. The first-order chi connectivity index (χ1) is 20.6. The lowest BCUT2D eigenvalue weighted by Gasteiger charge is -2.38. The van der Waals surface area contributed by atoms with Crippen molar-refractivity contribution in [2.75, 3.05) is 46.3 Å². The Labute approximate surface area is 250 Å². The lowest BCUT2D eigenvalue weighted by atomic mass is 9.69. The fourth-order valence-electron chi connectivity index (χ4n) is 6.66. The molecular formula is C36H43N5O. The number of piperazine rings is 1. The third-order valence-electron chi connectivity index (χ3n) is 9.44. The Hall–Kier alpha value is -3.58. The molecule has 0 spiro atoms. The monoisotopic (exact) mass is 561 g/mol. The molecule has 0 unspecified atom stereocenters. The Balaban J connectivity index is 1.04. The second-order valence-corrected chi connectivity index (χ2v) is 12.3. The van der Waals surface area contributed by atoms with E-state index < -0.39 is 0 Å². The quantitative estimate of drug-likeness (QED) is 0.243. The number of H-pyrrole nitrogens is 1. The van der Waals surface area contributed by atoms with Gasteiger partial charge in [-0.05, 0) is 79.9 Å². The second kappa shape index (κ2) is 13.2. The summed E-state index contributed by atoms with van der Waals surface area (Å²) in [6, 6.07) is 25.6. The van der Waals surface area contributed by atoms with Crippen molar-refractivity contribution in [2.45, 2.75) is 44.1 Å². The summed E-state index contributed by atoms with van der Waals surface area (Å²) in [6.45, 7) is 7.51. The van der Waals surface area contributed by atoms with Crippen LogP contribution >= 0.6 is 0 Å². The number of aromatic nitrogens is 2. The van der Waals surface area contributed by atoms with E-state index in [2.05, 4.69) is 80.9 Å².